The molecule has 1 atom stereocenters. The number of hydrogen-bond donors (Lipinski definition) is 0. The maximum atomic E-state index is 14.0. The topological polar surface area (TPSA) is 56.1 Å². The summed E-state index contributed by atoms with van der Waals surface area (Å²) in [7, 11) is 0. The van der Waals surface area contributed by atoms with Crippen molar-refractivity contribution in [2.75, 3.05) is 13.1 Å². The van der Waals surface area contributed by atoms with Crippen LogP contribution in [0, 0.1) is 5.92 Å². The molecule has 0 amide bonds. The van der Waals surface area contributed by atoms with Gasteiger partial charge in [-0.1, -0.05) is 60.7 Å². The Morgan fingerprint density at radius 3 is 1.98 bits per heavy atom. The number of nitrogens with zero attached hydrogens (tertiary/aromatic N) is 5. The van der Waals surface area contributed by atoms with Gasteiger partial charge in [-0.3, -0.25) is 4.90 Å². The van der Waals surface area contributed by atoms with E-state index in [1.165, 1.54) is 6.07 Å². The molecule has 3 fully saturated rings. The first-order valence-electron chi connectivity index (χ1n) is 13.6. The van der Waals surface area contributed by atoms with E-state index in [9.17, 15) is 26.3 Å². The van der Waals surface area contributed by atoms with Crippen LogP contribution in [0.15, 0.2) is 78.9 Å². The van der Waals surface area contributed by atoms with Gasteiger partial charge in [-0.2, -0.15) is 31.0 Å². The molecule has 0 spiro atoms. The lowest BCUT2D eigenvalue weighted by molar-refractivity contribution is -0.222. The van der Waals surface area contributed by atoms with Crippen LogP contribution in [-0.4, -0.2) is 43.9 Å². The smallest absolute Gasteiger partial charge is 0.355 e. The van der Waals surface area contributed by atoms with Gasteiger partial charge in [0, 0.05) is 13.1 Å². The molecule has 4 aromatic rings. The molecule has 0 aliphatic carbocycles. The number of fused-ring (bicyclic) bond motifs is 3. The summed E-state index contributed by atoms with van der Waals surface area (Å²) in [5.74, 6) is -1.41. The number of benzene rings is 3. The predicted molar refractivity (Wildman–Crippen MR) is 140 cm³/mol. The highest BCUT2D eigenvalue weighted by atomic mass is 19.4. The summed E-state index contributed by atoms with van der Waals surface area (Å²) in [6, 6.07) is 22.4. The highest BCUT2D eigenvalue weighted by Gasteiger charge is 2.53. The first-order valence-corrected chi connectivity index (χ1v) is 13.6. The van der Waals surface area contributed by atoms with Gasteiger partial charge in [-0.25, -0.2) is 0 Å². The van der Waals surface area contributed by atoms with Gasteiger partial charge in [0.2, 0.25) is 0 Å². The number of alkyl halides is 6. The summed E-state index contributed by atoms with van der Waals surface area (Å²) >= 11 is 0. The molecule has 3 aliphatic rings. The van der Waals surface area contributed by atoms with Crippen LogP contribution in [0.5, 0.6) is 0 Å². The molecule has 3 aliphatic heterocycles. The Morgan fingerprint density at radius 1 is 0.833 bits per heavy atom. The molecule has 220 valence electrons. The average Bonchev–Trinajstić information content (AvgIpc) is 3.49. The van der Waals surface area contributed by atoms with Crippen LogP contribution in [0.4, 0.5) is 26.3 Å². The van der Waals surface area contributed by atoms with Crippen LogP contribution in [0.25, 0.3) is 5.69 Å². The summed E-state index contributed by atoms with van der Waals surface area (Å²) in [5, 5.41) is 9.39. The molecular weight excluding hydrogens is 560 g/mol. The SMILES string of the molecule is FC(F)(F)c1cc(COC2(C(c3ccccc3)c3ccccc3)CC3CCN2CC3)cc(-n2nnnc2C(F)(F)F)c1. The van der Waals surface area contributed by atoms with Crippen LogP contribution in [0.1, 0.15) is 53.3 Å². The monoisotopic (exact) mass is 587 g/mol. The number of aromatic nitrogens is 4. The molecular formula is C30H27F6N5O. The van der Waals surface area contributed by atoms with E-state index in [4.69, 9.17) is 4.74 Å². The van der Waals surface area contributed by atoms with Crippen LogP contribution < -0.4 is 0 Å². The quantitative estimate of drug-likeness (QED) is 0.221. The standard InChI is InChI=1S/C30H27F6N5O/c31-29(32,33)24-15-21(16-25(17-24)41-27(30(34,35)36)37-38-39-41)19-42-28(18-20-11-13-40(28)14-12-20)26(22-7-3-1-4-8-22)23-9-5-2-6-10-23/h1-10,15-17,20,26H,11-14,18-19H2. The van der Waals surface area contributed by atoms with Gasteiger partial charge in [0.15, 0.2) is 0 Å². The number of piperidine rings is 3. The van der Waals surface area contributed by atoms with Gasteiger partial charge in [0.25, 0.3) is 5.82 Å². The van der Waals surface area contributed by atoms with Crippen molar-refractivity contribution in [3.63, 3.8) is 0 Å². The van der Waals surface area contributed by atoms with Crippen molar-refractivity contribution in [1.29, 1.82) is 0 Å². The third-order valence-corrected chi connectivity index (χ3v) is 8.21. The predicted octanol–water partition coefficient (Wildman–Crippen LogP) is 6.86. The minimum absolute atomic E-state index is 0.0605. The third kappa shape index (κ3) is 5.40. The third-order valence-electron chi connectivity index (χ3n) is 8.21. The molecule has 12 heteroatoms. The summed E-state index contributed by atoms with van der Waals surface area (Å²) in [6.07, 6.45) is -7.13. The zero-order chi connectivity index (χ0) is 29.5. The van der Waals surface area contributed by atoms with Crippen molar-refractivity contribution in [3.8, 4) is 5.69 Å². The van der Waals surface area contributed by atoms with Gasteiger partial charge in [0.1, 0.15) is 5.72 Å². The highest BCUT2D eigenvalue weighted by molar-refractivity contribution is 5.42. The van der Waals surface area contributed by atoms with E-state index < -0.39 is 35.2 Å². The number of rotatable bonds is 7. The average molecular weight is 588 g/mol. The van der Waals surface area contributed by atoms with Crippen molar-refractivity contribution >= 4 is 0 Å². The van der Waals surface area contributed by atoms with Crippen molar-refractivity contribution in [3.05, 3.63) is 107 Å². The molecule has 3 saturated heterocycles. The Labute approximate surface area is 237 Å². The second-order valence-corrected chi connectivity index (χ2v) is 10.8. The number of ether oxygens (including phenoxy) is 1. The maximum absolute atomic E-state index is 14.0. The summed E-state index contributed by atoms with van der Waals surface area (Å²) in [5.41, 5.74) is -0.392. The van der Waals surface area contributed by atoms with Crippen molar-refractivity contribution < 1.29 is 31.1 Å². The van der Waals surface area contributed by atoms with E-state index in [0.717, 1.165) is 43.1 Å². The Bertz CT molecular complexity index is 1480. The molecule has 6 nitrogen and oxygen atoms in total. The van der Waals surface area contributed by atoms with Gasteiger partial charge in [-0.15, -0.1) is 5.10 Å². The number of tetrazole rings is 1. The normalized spacial score (nSPS) is 22.5. The van der Waals surface area contributed by atoms with E-state index in [1.807, 2.05) is 60.7 Å². The fourth-order valence-electron chi connectivity index (χ4n) is 6.39. The molecule has 42 heavy (non-hydrogen) atoms. The van der Waals surface area contributed by atoms with E-state index >= 15 is 0 Å². The van der Waals surface area contributed by atoms with Crippen molar-refractivity contribution in [1.82, 2.24) is 25.1 Å². The molecule has 3 aromatic carbocycles. The van der Waals surface area contributed by atoms with Crippen molar-refractivity contribution in [2.24, 2.45) is 5.92 Å². The molecule has 2 bridgehead atoms. The molecule has 0 N–H and O–H groups in total. The molecule has 1 aromatic heterocycles. The summed E-state index contributed by atoms with van der Waals surface area (Å²) in [4.78, 5) is 2.27. The van der Waals surface area contributed by atoms with Gasteiger partial charge < -0.3 is 4.74 Å². The first kappa shape index (κ1) is 28.4. The Morgan fingerprint density at radius 2 is 1.45 bits per heavy atom. The molecule has 4 heterocycles. The molecule has 0 radical (unpaired) electrons. The summed E-state index contributed by atoms with van der Waals surface area (Å²) < 4.78 is 89.5. The van der Waals surface area contributed by atoms with E-state index in [0.29, 0.717) is 18.4 Å². The summed E-state index contributed by atoms with van der Waals surface area (Å²) in [6.45, 7) is 1.28. The van der Waals surface area contributed by atoms with E-state index in [2.05, 4.69) is 20.4 Å². The highest BCUT2D eigenvalue weighted by Crippen LogP contribution is 2.50. The number of hydrogen-bond acceptors (Lipinski definition) is 5. The maximum Gasteiger partial charge on any atom is 0.453 e. The second kappa shape index (κ2) is 10.8. The lowest BCUT2D eigenvalue weighted by atomic mass is 9.71. The Hall–Kier alpha value is -3.77. The number of halogens is 6. The first-order chi connectivity index (χ1) is 20.0. The van der Waals surface area contributed by atoms with Gasteiger partial charge in [-0.05, 0) is 70.5 Å². The fourth-order valence-corrected chi connectivity index (χ4v) is 6.39. The fraction of sp³-hybridized carbons (Fsp3) is 0.367. The van der Waals surface area contributed by atoms with Crippen LogP contribution >= 0.6 is 0 Å². The molecule has 0 saturated carbocycles. The lowest BCUT2D eigenvalue weighted by Gasteiger charge is -2.57. The molecule has 7 rings (SSSR count). The lowest BCUT2D eigenvalue weighted by Crippen LogP contribution is -2.62. The minimum atomic E-state index is -4.97. The van der Waals surface area contributed by atoms with Crippen LogP contribution in [-0.2, 0) is 23.7 Å². The zero-order valence-corrected chi connectivity index (χ0v) is 22.3. The van der Waals surface area contributed by atoms with Crippen LogP contribution in [0.3, 0.4) is 0 Å². The van der Waals surface area contributed by atoms with Gasteiger partial charge in [0.05, 0.1) is 23.8 Å². The van der Waals surface area contributed by atoms with E-state index in [-0.39, 0.29) is 22.8 Å². The van der Waals surface area contributed by atoms with Crippen molar-refractivity contribution in [2.45, 2.75) is 49.9 Å². The van der Waals surface area contributed by atoms with Gasteiger partial charge >= 0.3 is 12.4 Å². The largest absolute Gasteiger partial charge is 0.453 e. The second-order valence-electron chi connectivity index (χ2n) is 10.8. The minimum Gasteiger partial charge on any atom is -0.355 e. The van der Waals surface area contributed by atoms with E-state index in [1.54, 1.807) is 0 Å². The van der Waals surface area contributed by atoms with Crippen LogP contribution in [0.2, 0.25) is 0 Å². The molecule has 1 unspecified atom stereocenters. The Balaban J connectivity index is 1.44. The Kier molecular flexibility index (Phi) is 7.30. The zero-order valence-electron chi connectivity index (χ0n) is 22.3.